The number of esters is 1. The van der Waals surface area contributed by atoms with Gasteiger partial charge in [-0.3, -0.25) is 4.79 Å². The Kier molecular flexibility index (Phi) is 6.37. The molecule has 1 aliphatic heterocycles. The average molecular weight is 378 g/mol. The quantitative estimate of drug-likeness (QED) is 0.695. The third-order valence-corrected chi connectivity index (χ3v) is 6.28. The van der Waals surface area contributed by atoms with Crippen LogP contribution in [0, 0.1) is 11.3 Å². The molecule has 0 radical (unpaired) electrons. The van der Waals surface area contributed by atoms with Gasteiger partial charge in [-0.15, -0.1) is 0 Å². The summed E-state index contributed by atoms with van der Waals surface area (Å²) in [5.74, 6) is -1.04. The van der Waals surface area contributed by atoms with Crippen LogP contribution in [-0.2, 0) is 19.4 Å². The molecule has 8 heteroatoms. The van der Waals surface area contributed by atoms with Gasteiger partial charge in [-0.2, -0.15) is 5.26 Å². The first-order chi connectivity index (χ1) is 12.3. The largest absolute Gasteiger partial charge is 0.452 e. The van der Waals surface area contributed by atoms with Crippen LogP contribution in [0.2, 0.25) is 0 Å². The van der Waals surface area contributed by atoms with Crippen molar-refractivity contribution in [2.75, 3.05) is 18.1 Å². The molecule has 7 nitrogen and oxygen atoms in total. The normalized spacial score (nSPS) is 19.3. The molecule has 0 N–H and O–H groups in total. The van der Waals surface area contributed by atoms with Crippen LogP contribution in [0.1, 0.15) is 42.6 Å². The van der Waals surface area contributed by atoms with Crippen molar-refractivity contribution in [3.63, 3.8) is 0 Å². The van der Waals surface area contributed by atoms with Crippen molar-refractivity contribution in [1.82, 2.24) is 4.90 Å². The summed E-state index contributed by atoms with van der Waals surface area (Å²) >= 11 is 0. The fraction of sp³-hybridized carbons (Fsp3) is 0.500. The van der Waals surface area contributed by atoms with Gasteiger partial charge in [0, 0.05) is 12.1 Å². The highest BCUT2D eigenvalue weighted by Gasteiger charge is 2.36. The van der Waals surface area contributed by atoms with Crippen LogP contribution >= 0.6 is 0 Å². The minimum absolute atomic E-state index is 0.0490. The molecule has 0 aliphatic carbocycles. The topological polar surface area (TPSA) is 105 Å². The van der Waals surface area contributed by atoms with Crippen LogP contribution in [0.15, 0.2) is 24.3 Å². The van der Waals surface area contributed by atoms with Gasteiger partial charge >= 0.3 is 5.97 Å². The Morgan fingerprint density at radius 2 is 2.00 bits per heavy atom. The molecule has 1 amide bonds. The molecule has 0 spiro atoms. The fourth-order valence-corrected chi connectivity index (χ4v) is 4.68. The minimum Gasteiger partial charge on any atom is -0.452 e. The Morgan fingerprint density at radius 3 is 2.50 bits per heavy atom. The number of benzene rings is 1. The van der Waals surface area contributed by atoms with E-state index in [1.807, 2.05) is 19.9 Å². The second kappa shape index (κ2) is 8.32. The molecule has 1 fully saturated rings. The summed E-state index contributed by atoms with van der Waals surface area (Å²) in [6.07, 6.45) is 1.08. The van der Waals surface area contributed by atoms with Crippen LogP contribution in [-0.4, -0.2) is 55.4 Å². The van der Waals surface area contributed by atoms with E-state index in [2.05, 4.69) is 0 Å². The molecule has 0 aromatic heterocycles. The van der Waals surface area contributed by atoms with Gasteiger partial charge < -0.3 is 9.64 Å². The van der Waals surface area contributed by atoms with E-state index < -0.39 is 28.3 Å². The maximum Gasteiger partial charge on any atom is 0.338 e. The first kappa shape index (κ1) is 19.9. The molecule has 1 aromatic rings. The zero-order valence-corrected chi connectivity index (χ0v) is 15.7. The van der Waals surface area contributed by atoms with Crippen molar-refractivity contribution < 1.29 is 22.7 Å². The summed E-state index contributed by atoms with van der Waals surface area (Å²) in [7, 11) is -3.12. The van der Waals surface area contributed by atoms with Gasteiger partial charge in [0.2, 0.25) is 0 Å². The zero-order chi connectivity index (χ0) is 19.3. The molecule has 2 atom stereocenters. The lowest BCUT2D eigenvalue weighted by atomic mass is 10.1. The minimum atomic E-state index is -3.12. The van der Waals surface area contributed by atoms with E-state index in [1.54, 1.807) is 0 Å². The Morgan fingerprint density at radius 1 is 1.35 bits per heavy atom. The number of ether oxygens (including phenoxy) is 1. The SMILES string of the molecule is CC[C@@H](C)N(C(=O)COC(=O)c1ccc(C#N)cc1)[C@@H]1CCS(=O)(=O)C1. The molecule has 1 aliphatic rings. The Labute approximate surface area is 153 Å². The second-order valence-electron chi connectivity index (χ2n) is 6.38. The van der Waals surface area contributed by atoms with E-state index in [9.17, 15) is 18.0 Å². The third kappa shape index (κ3) is 4.82. The predicted octanol–water partition coefficient (Wildman–Crippen LogP) is 1.53. The lowest BCUT2D eigenvalue weighted by molar-refractivity contribution is -0.138. The van der Waals surface area contributed by atoms with Gasteiger partial charge in [-0.25, -0.2) is 13.2 Å². The highest BCUT2D eigenvalue weighted by molar-refractivity contribution is 7.91. The molecule has 0 saturated carbocycles. The summed E-state index contributed by atoms with van der Waals surface area (Å²) in [5.41, 5.74) is 0.665. The van der Waals surface area contributed by atoms with Gasteiger partial charge in [-0.05, 0) is 44.0 Å². The highest BCUT2D eigenvalue weighted by Crippen LogP contribution is 2.21. The number of rotatable bonds is 6. The van der Waals surface area contributed by atoms with Gasteiger partial charge in [0.05, 0.1) is 28.7 Å². The number of nitrogens with zero attached hydrogens (tertiary/aromatic N) is 2. The van der Waals surface area contributed by atoms with E-state index >= 15 is 0 Å². The molecular weight excluding hydrogens is 356 g/mol. The first-order valence-electron chi connectivity index (χ1n) is 8.46. The van der Waals surface area contributed by atoms with E-state index in [0.717, 1.165) is 0 Å². The lowest BCUT2D eigenvalue weighted by Gasteiger charge is -2.33. The highest BCUT2D eigenvalue weighted by atomic mass is 32.2. The standard InChI is InChI=1S/C18H22N2O5S/c1-3-13(2)20(16-8-9-26(23,24)12-16)17(21)11-25-18(22)15-6-4-14(10-19)5-7-15/h4-7,13,16H,3,8-9,11-12H2,1-2H3/t13-,16-/m1/s1. The van der Waals surface area contributed by atoms with E-state index in [1.165, 1.54) is 29.2 Å². The Balaban J connectivity index is 2.02. The number of nitriles is 1. The predicted molar refractivity (Wildman–Crippen MR) is 95.1 cm³/mol. The first-order valence-corrected chi connectivity index (χ1v) is 10.3. The number of carbonyl (C=O) groups is 2. The molecule has 0 bridgehead atoms. The number of amides is 1. The third-order valence-electron chi connectivity index (χ3n) is 4.53. The van der Waals surface area contributed by atoms with Crippen molar-refractivity contribution in [2.45, 2.75) is 38.8 Å². The summed E-state index contributed by atoms with van der Waals surface area (Å²) in [6.45, 7) is 3.32. The maximum absolute atomic E-state index is 12.6. The molecule has 1 saturated heterocycles. The Bertz CT molecular complexity index is 811. The van der Waals surface area contributed by atoms with E-state index in [0.29, 0.717) is 18.4 Å². The van der Waals surface area contributed by atoms with Crippen LogP contribution in [0.3, 0.4) is 0 Å². The van der Waals surface area contributed by atoms with Gasteiger partial charge in [0.25, 0.3) is 5.91 Å². The maximum atomic E-state index is 12.6. The number of hydrogen-bond acceptors (Lipinski definition) is 6. The molecule has 0 unspecified atom stereocenters. The van der Waals surface area contributed by atoms with Crippen molar-refractivity contribution in [3.8, 4) is 6.07 Å². The van der Waals surface area contributed by atoms with Crippen LogP contribution in [0.5, 0.6) is 0 Å². The number of carbonyl (C=O) groups excluding carboxylic acids is 2. The van der Waals surface area contributed by atoms with Crippen LogP contribution in [0.4, 0.5) is 0 Å². The molecular formula is C18H22N2O5S. The molecule has 1 aromatic carbocycles. The van der Waals surface area contributed by atoms with Crippen LogP contribution < -0.4 is 0 Å². The number of hydrogen-bond donors (Lipinski definition) is 0. The van der Waals surface area contributed by atoms with Crippen LogP contribution in [0.25, 0.3) is 0 Å². The van der Waals surface area contributed by atoms with Crippen molar-refractivity contribution in [3.05, 3.63) is 35.4 Å². The summed E-state index contributed by atoms with van der Waals surface area (Å²) in [4.78, 5) is 26.2. The van der Waals surface area contributed by atoms with Gasteiger partial charge in [0.15, 0.2) is 16.4 Å². The van der Waals surface area contributed by atoms with E-state index in [4.69, 9.17) is 10.00 Å². The van der Waals surface area contributed by atoms with E-state index in [-0.39, 0.29) is 29.2 Å². The average Bonchev–Trinajstić information content (AvgIpc) is 2.99. The molecule has 140 valence electrons. The lowest BCUT2D eigenvalue weighted by Crippen LogP contribution is -2.48. The molecule has 26 heavy (non-hydrogen) atoms. The fourth-order valence-electron chi connectivity index (χ4n) is 2.97. The van der Waals surface area contributed by atoms with Crippen molar-refractivity contribution >= 4 is 21.7 Å². The van der Waals surface area contributed by atoms with Gasteiger partial charge in [-0.1, -0.05) is 6.92 Å². The second-order valence-corrected chi connectivity index (χ2v) is 8.61. The molecule has 1 heterocycles. The van der Waals surface area contributed by atoms with Crippen molar-refractivity contribution in [2.24, 2.45) is 0 Å². The summed E-state index contributed by atoms with van der Waals surface area (Å²) < 4.78 is 28.6. The Hall–Kier alpha value is -2.40. The smallest absolute Gasteiger partial charge is 0.338 e. The monoisotopic (exact) mass is 378 g/mol. The molecule has 2 rings (SSSR count). The summed E-state index contributed by atoms with van der Waals surface area (Å²) in [6, 6.07) is 7.34. The van der Waals surface area contributed by atoms with Gasteiger partial charge in [0.1, 0.15) is 0 Å². The zero-order valence-electron chi connectivity index (χ0n) is 14.8. The number of sulfone groups is 1. The van der Waals surface area contributed by atoms with Crippen molar-refractivity contribution in [1.29, 1.82) is 5.26 Å². The summed E-state index contributed by atoms with van der Waals surface area (Å²) in [5, 5.41) is 8.76.